The molecule has 1 N–H and O–H groups in total. The Hall–Kier alpha value is -2.95. The van der Waals surface area contributed by atoms with Crippen molar-refractivity contribution < 1.29 is 19.1 Å². The van der Waals surface area contributed by atoms with Crippen LogP contribution in [0.3, 0.4) is 0 Å². The van der Waals surface area contributed by atoms with Crippen molar-refractivity contribution in [2.24, 2.45) is 0 Å². The number of carbonyl (C=O) groups is 3. The molecule has 1 saturated carbocycles. The lowest BCUT2D eigenvalue weighted by atomic mass is 9.64. The molecular formula is C26H29NO4. The van der Waals surface area contributed by atoms with Gasteiger partial charge in [0.05, 0.1) is 6.42 Å². The highest BCUT2D eigenvalue weighted by molar-refractivity contribution is 5.98. The maximum Gasteiger partial charge on any atom is 0.306 e. The number of ketones is 1. The Labute approximate surface area is 183 Å². The summed E-state index contributed by atoms with van der Waals surface area (Å²) in [4.78, 5) is 36.6. The lowest BCUT2D eigenvalue weighted by molar-refractivity contribution is -0.148. The first-order valence-electron chi connectivity index (χ1n) is 11.2. The van der Waals surface area contributed by atoms with Crippen LogP contribution < -0.4 is 5.32 Å². The van der Waals surface area contributed by atoms with Gasteiger partial charge in [-0.1, -0.05) is 48.9 Å². The maximum absolute atomic E-state index is 12.4. The van der Waals surface area contributed by atoms with Gasteiger partial charge in [0.2, 0.25) is 0 Å². The Morgan fingerprint density at radius 3 is 2.42 bits per heavy atom. The minimum Gasteiger partial charge on any atom is -0.456 e. The Morgan fingerprint density at radius 2 is 1.68 bits per heavy atom. The van der Waals surface area contributed by atoms with Crippen LogP contribution >= 0.6 is 0 Å². The molecule has 0 bridgehead atoms. The fourth-order valence-electron chi connectivity index (χ4n) is 4.60. The third kappa shape index (κ3) is 5.04. The first-order valence-corrected chi connectivity index (χ1v) is 11.2. The maximum atomic E-state index is 12.4. The van der Waals surface area contributed by atoms with Gasteiger partial charge in [0, 0.05) is 23.9 Å². The van der Waals surface area contributed by atoms with E-state index >= 15 is 0 Å². The van der Waals surface area contributed by atoms with E-state index in [4.69, 9.17) is 4.74 Å². The van der Waals surface area contributed by atoms with Gasteiger partial charge in [-0.05, 0) is 54.9 Å². The molecule has 0 atom stereocenters. The second kappa shape index (κ2) is 9.46. The van der Waals surface area contributed by atoms with Crippen molar-refractivity contribution in [1.29, 1.82) is 0 Å². The standard InChI is InChI=1S/C26H29NO4/c28-23(21-11-10-19-6-4-7-20(19)16-21)12-13-25(30)31-17-24(29)27-18-26(14-5-15-26)22-8-2-1-3-9-22/h1-3,8-11,16H,4-7,12-15,17-18H2,(H,27,29). The summed E-state index contributed by atoms with van der Waals surface area (Å²) >= 11 is 0. The van der Waals surface area contributed by atoms with Crippen LogP contribution in [-0.4, -0.2) is 30.8 Å². The van der Waals surface area contributed by atoms with Crippen molar-refractivity contribution in [1.82, 2.24) is 5.32 Å². The summed E-state index contributed by atoms with van der Waals surface area (Å²) < 4.78 is 5.08. The van der Waals surface area contributed by atoms with E-state index in [-0.39, 0.29) is 36.6 Å². The second-order valence-corrected chi connectivity index (χ2v) is 8.70. The van der Waals surface area contributed by atoms with E-state index < -0.39 is 5.97 Å². The van der Waals surface area contributed by atoms with Gasteiger partial charge in [0.1, 0.15) is 0 Å². The van der Waals surface area contributed by atoms with Crippen molar-refractivity contribution >= 4 is 17.7 Å². The van der Waals surface area contributed by atoms with Gasteiger partial charge in [-0.25, -0.2) is 0 Å². The number of carbonyl (C=O) groups excluding carboxylic acids is 3. The highest BCUT2D eigenvalue weighted by atomic mass is 16.5. The molecule has 0 spiro atoms. The average molecular weight is 420 g/mol. The van der Waals surface area contributed by atoms with E-state index in [2.05, 4.69) is 17.4 Å². The summed E-state index contributed by atoms with van der Waals surface area (Å²) in [6.45, 7) is 0.237. The summed E-state index contributed by atoms with van der Waals surface area (Å²) in [6, 6.07) is 16.0. The summed E-state index contributed by atoms with van der Waals surface area (Å²) in [5.41, 5.74) is 4.44. The molecule has 0 heterocycles. The molecule has 2 aliphatic carbocycles. The predicted molar refractivity (Wildman–Crippen MR) is 118 cm³/mol. The van der Waals surface area contributed by atoms with Crippen molar-refractivity contribution in [3.8, 4) is 0 Å². The Bertz CT molecular complexity index is 963. The number of esters is 1. The van der Waals surface area contributed by atoms with Crippen LogP contribution in [0.1, 0.15) is 65.6 Å². The van der Waals surface area contributed by atoms with Crippen molar-refractivity contribution in [3.63, 3.8) is 0 Å². The number of fused-ring (bicyclic) bond motifs is 1. The fraction of sp³-hybridized carbons (Fsp3) is 0.423. The summed E-state index contributed by atoms with van der Waals surface area (Å²) in [5.74, 6) is -0.891. The number of aryl methyl sites for hydroxylation is 2. The SMILES string of the molecule is O=C(COC(=O)CCC(=O)c1ccc2c(c1)CCC2)NCC1(c2ccccc2)CCC1. The normalized spacial score (nSPS) is 16.1. The monoisotopic (exact) mass is 419 g/mol. The van der Waals surface area contributed by atoms with Crippen LogP contribution in [0, 0.1) is 0 Å². The molecule has 5 nitrogen and oxygen atoms in total. The third-order valence-electron chi connectivity index (χ3n) is 6.66. The summed E-state index contributed by atoms with van der Waals surface area (Å²) in [7, 11) is 0. The van der Waals surface area contributed by atoms with Gasteiger partial charge in [-0.3, -0.25) is 14.4 Å². The molecule has 4 rings (SSSR count). The molecule has 0 unspecified atom stereocenters. The first kappa shape index (κ1) is 21.3. The molecule has 2 aliphatic rings. The van der Waals surface area contributed by atoms with E-state index in [0.717, 1.165) is 38.5 Å². The van der Waals surface area contributed by atoms with Gasteiger partial charge in [-0.15, -0.1) is 0 Å². The zero-order chi connectivity index (χ0) is 21.7. The molecule has 2 aromatic carbocycles. The highest BCUT2D eigenvalue weighted by Gasteiger charge is 2.38. The predicted octanol–water partition coefficient (Wildman–Crippen LogP) is 3.92. The lowest BCUT2D eigenvalue weighted by Crippen LogP contribution is -2.46. The minimum atomic E-state index is -0.522. The number of benzene rings is 2. The van der Waals surface area contributed by atoms with Gasteiger partial charge < -0.3 is 10.1 Å². The lowest BCUT2D eigenvalue weighted by Gasteiger charge is -2.42. The van der Waals surface area contributed by atoms with Crippen LogP contribution in [0.5, 0.6) is 0 Å². The van der Waals surface area contributed by atoms with E-state index in [1.165, 1.54) is 16.7 Å². The van der Waals surface area contributed by atoms with Crippen LogP contribution in [0.15, 0.2) is 48.5 Å². The zero-order valence-electron chi connectivity index (χ0n) is 17.8. The summed E-state index contributed by atoms with van der Waals surface area (Å²) in [6.07, 6.45) is 6.53. The number of rotatable bonds is 9. The van der Waals surface area contributed by atoms with Gasteiger partial charge >= 0.3 is 5.97 Å². The first-order chi connectivity index (χ1) is 15.1. The van der Waals surface area contributed by atoms with Gasteiger partial charge in [0.15, 0.2) is 12.4 Å². The van der Waals surface area contributed by atoms with Crippen LogP contribution in [0.2, 0.25) is 0 Å². The van der Waals surface area contributed by atoms with Crippen LogP contribution in [-0.2, 0) is 32.6 Å². The molecule has 1 fully saturated rings. The number of hydrogen-bond acceptors (Lipinski definition) is 4. The largest absolute Gasteiger partial charge is 0.456 e. The van der Waals surface area contributed by atoms with E-state index in [9.17, 15) is 14.4 Å². The molecule has 0 saturated heterocycles. The average Bonchev–Trinajstić information content (AvgIpc) is 3.24. The van der Waals surface area contributed by atoms with Crippen LogP contribution in [0.4, 0.5) is 0 Å². The Morgan fingerprint density at radius 1 is 0.903 bits per heavy atom. The highest BCUT2D eigenvalue weighted by Crippen LogP contribution is 2.43. The van der Waals surface area contributed by atoms with E-state index in [0.29, 0.717) is 12.1 Å². The zero-order valence-corrected chi connectivity index (χ0v) is 17.8. The smallest absolute Gasteiger partial charge is 0.306 e. The quantitative estimate of drug-likeness (QED) is 0.494. The number of Topliss-reactive ketones (excluding diaryl/α,β-unsaturated/α-hetero) is 1. The van der Waals surface area contributed by atoms with E-state index in [1.807, 2.05) is 36.4 Å². The van der Waals surface area contributed by atoms with Gasteiger partial charge in [-0.2, -0.15) is 0 Å². The topological polar surface area (TPSA) is 72.5 Å². The molecule has 0 aromatic heterocycles. The summed E-state index contributed by atoms with van der Waals surface area (Å²) in [5, 5.41) is 2.91. The molecule has 162 valence electrons. The number of nitrogens with one attached hydrogen (secondary N) is 1. The number of ether oxygens (including phenoxy) is 1. The van der Waals surface area contributed by atoms with Crippen LogP contribution in [0.25, 0.3) is 0 Å². The number of amides is 1. The van der Waals surface area contributed by atoms with E-state index in [1.54, 1.807) is 0 Å². The minimum absolute atomic E-state index is 0.0107. The molecule has 0 radical (unpaired) electrons. The van der Waals surface area contributed by atoms with Crippen molar-refractivity contribution in [2.45, 2.75) is 56.8 Å². The Balaban J connectivity index is 1.18. The molecular weight excluding hydrogens is 390 g/mol. The third-order valence-corrected chi connectivity index (χ3v) is 6.66. The molecule has 5 heteroatoms. The number of hydrogen-bond donors (Lipinski definition) is 1. The fourth-order valence-corrected chi connectivity index (χ4v) is 4.60. The Kier molecular flexibility index (Phi) is 6.50. The molecule has 1 amide bonds. The second-order valence-electron chi connectivity index (χ2n) is 8.70. The van der Waals surface area contributed by atoms with Gasteiger partial charge in [0.25, 0.3) is 5.91 Å². The molecule has 31 heavy (non-hydrogen) atoms. The van der Waals surface area contributed by atoms with Crippen molar-refractivity contribution in [2.75, 3.05) is 13.2 Å². The molecule has 2 aromatic rings. The molecule has 0 aliphatic heterocycles. The van der Waals surface area contributed by atoms with Crippen molar-refractivity contribution in [3.05, 3.63) is 70.8 Å².